The topological polar surface area (TPSA) is 27.7 Å². The van der Waals surface area contributed by atoms with E-state index in [0.717, 1.165) is 17.1 Å². The summed E-state index contributed by atoms with van der Waals surface area (Å²) in [6, 6.07) is 6.16. The van der Waals surface area contributed by atoms with Gasteiger partial charge in [-0.15, -0.1) is 0 Å². The lowest BCUT2D eigenvalue weighted by molar-refractivity contribution is 0.275. The van der Waals surface area contributed by atoms with Crippen molar-refractivity contribution in [3.63, 3.8) is 0 Å². The van der Waals surface area contributed by atoms with Crippen molar-refractivity contribution in [3.05, 3.63) is 23.8 Å². The van der Waals surface area contributed by atoms with Crippen LogP contribution in [0, 0.1) is 0 Å². The zero-order valence-electron chi connectivity index (χ0n) is 18.2. The lowest BCUT2D eigenvalue weighted by Gasteiger charge is -2.37. The Bertz CT molecular complexity index is 582. The van der Waals surface area contributed by atoms with Gasteiger partial charge in [-0.25, -0.2) is 0 Å². The van der Waals surface area contributed by atoms with Crippen LogP contribution in [0.1, 0.15) is 47.1 Å². The van der Waals surface area contributed by atoms with Crippen molar-refractivity contribution in [3.8, 4) is 11.5 Å². The summed E-state index contributed by atoms with van der Waals surface area (Å²) in [5, 5.41) is 0.353. The molecule has 1 aromatic carbocycles. The van der Waals surface area contributed by atoms with Crippen LogP contribution in [0.5, 0.6) is 11.5 Å². The largest absolute Gasteiger partial charge is 0.541 e. The van der Waals surface area contributed by atoms with Crippen molar-refractivity contribution in [1.82, 2.24) is 0 Å². The zero-order chi connectivity index (χ0) is 19.7. The maximum atomic E-state index is 6.50. The van der Waals surface area contributed by atoms with E-state index in [9.17, 15) is 0 Å². The van der Waals surface area contributed by atoms with E-state index in [1.54, 1.807) is 7.11 Å². The molecule has 0 aromatic heterocycles. The Morgan fingerprint density at radius 1 is 0.800 bits per heavy atom. The summed E-state index contributed by atoms with van der Waals surface area (Å²) >= 11 is 0. The molecule has 0 aliphatic rings. The molecule has 0 fully saturated rings. The fourth-order valence-electron chi connectivity index (χ4n) is 1.80. The molecule has 0 radical (unpaired) electrons. The molecule has 0 heterocycles. The van der Waals surface area contributed by atoms with E-state index in [0.29, 0.717) is 6.61 Å². The maximum Gasteiger partial charge on any atom is 0.250 e. The fraction of sp³-hybridized carbons (Fsp3) is 0.700. The molecule has 3 nitrogen and oxygen atoms in total. The minimum absolute atomic E-state index is 0.144. The second kappa shape index (κ2) is 7.45. The molecule has 25 heavy (non-hydrogen) atoms. The van der Waals surface area contributed by atoms with Crippen LogP contribution < -0.4 is 9.16 Å². The zero-order valence-corrected chi connectivity index (χ0v) is 20.2. The van der Waals surface area contributed by atoms with Gasteiger partial charge >= 0.3 is 0 Å². The van der Waals surface area contributed by atoms with Crippen LogP contribution in [-0.2, 0) is 11.0 Å². The summed E-state index contributed by atoms with van der Waals surface area (Å²) in [7, 11) is -1.99. The van der Waals surface area contributed by atoms with Gasteiger partial charge in [-0.2, -0.15) is 0 Å². The van der Waals surface area contributed by atoms with Crippen LogP contribution in [0.25, 0.3) is 0 Å². The van der Waals surface area contributed by atoms with E-state index < -0.39 is 16.6 Å². The summed E-state index contributed by atoms with van der Waals surface area (Å²) < 4.78 is 18.4. The van der Waals surface area contributed by atoms with Crippen molar-refractivity contribution in [1.29, 1.82) is 0 Å². The molecule has 1 aromatic rings. The second-order valence-corrected chi connectivity index (χ2v) is 19.4. The fourth-order valence-corrected chi connectivity index (χ4v) is 3.77. The van der Waals surface area contributed by atoms with Gasteiger partial charge in [-0.3, -0.25) is 0 Å². The number of methoxy groups -OCH3 is 1. The average Bonchev–Trinajstić information content (AvgIpc) is 2.42. The van der Waals surface area contributed by atoms with E-state index >= 15 is 0 Å². The number of hydrogen-bond donors (Lipinski definition) is 0. The first-order valence-corrected chi connectivity index (χ1v) is 14.9. The van der Waals surface area contributed by atoms with Gasteiger partial charge in [0.25, 0.3) is 8.32 Å². The third-order valence-corrected chi connectivity index (χ3v) is 14.6. The molecule has 0 amide bonds. The average molecular weight is 383 g/mol. The van der Waals surface area contributed by atoms with Crippen LogP contribution in [0.15, 0.2) is 18.2 Å². The first-order valence-electron chi connectivity index (χ1n) is 9.11. The second-order valence-electron chi connectivity index (χ2n) is 9.90. The Morgan fingerprint density at radius 2 is 1.32 bits per heavy atom. The third-order valence-electron chi connectivity index (χ3n) is 5.81. The number of rotatable bonds is 6. The van der Waals surface area contributed by atoms with Gasteiger partial charge in [0.2, 0.25) is 0 Å². The SMILES string of the molecule is COc1ccc(CO[Si](C)(C)C(C)(C)C)cc1O[Si](C)(C)C(C)(C)C. The monoisotopic (exact) mass is 382 g/mol. The Morgan fingerprint density at radius 3 is 1.76 bits per heavy atom. The summed E-state index contributed by atoms with van der Waals surface area (Å²) in [5.41, 5.74) is 1.14. The summed E-state index contributed by atoms with van der Waals surface area (Å²) in [4.78, 5) is 0. The summed E-state index contributed by atoms with van der Waals surface area (Å²) in [6.45, 7) is 23.2. The molecule has 0 unspecified atom stereocenters. The van der Waals surface area contributed by atoms with Crippen molar-refractivity contribution in [2.45, 2.75) is 84.4 Å². The van der Waals surface area contributed by atoms with E-state index in [2.05, 4.69) is 79.9 Å². The molecule has 5 heteroatoms. The highest BCUT2D eigenvalue weighted by atomic mass is 28.4. The minimum Gasteiger partial charge on any atom is -0.541 e. The molecule has 0 saturated carbocycles. The van der Waals surface area contributed by atoms with Gasteiger partial charge in [0.05, 0.1) is 13.7 Å². The first kappa shape index (κ1) is 22.3. The van der Waals surface area contributed by atoms with Gasteiger partial charge < -0.3 is 13.6 Å². The Balaban J connectivity index is 3.04. The Labute approximate surface area is 157 Å². The maximum absolute atomic E-state index is 6.50. The van der Waals surface area contributed by atoms with E-state index in [-0.39, 0.29) is 10.1 Å². The van der Waals surface area contributed by atoms with Gasteiger partial charge in [0.1, 0.15) is 5.75 Å². The number of benzene rings is 1. The quantitative estimate of drug-likeness (QED) is 0.519. The minimum atomic E-state index is -1.92. The Kier molecular flexibility index (Phi) is 6.63. The van der Waals surface area contributed by atoms with E-state index in [4.69, 9.17) is 13.6 Å². The van der Waals surface area contributed by atoms with Crippen LogP contribution in [-0.4, -0.2) is 23.7 Å². The van der Waals surface area contributed by atoms with Crippen LogP contribution in [0.2, 0.25) is 36.3 Å². The smallest absolute Gasteiger partial charge is 0.250 e. The molecular formula is C20H38O3Si2. The number of hydrogen-bond acceptors (Lipinski definition) is 3. The molecule has 0 saturated heterocycles. The van der Waals surface area contributed by atoms with Crippen molar-refractivity contribution in [2.75, 3.05) is 7.11 Å². The molecular weight excluding hydrogens is 344 g/mol. The Hall–Kier alpha value is -0.786. The van der Waals surface area contributed by atoms with Crippen LogP contribution >= 0.6 is 0 Å². The predicted octanol–water partition coefficient (Wildman–Crippen LogP) is 6.60. The first-order chi connectivity index (χ1) is 11.1. The van der Waals surface area contributed by atoms with Crippen molar-refractivity contribution < 1.29 is 13.6 Å². The third kappa shape index (κ3) is 5.59. The molecule has 0 atom stereocenters. The van der Waals surface area contributed by atoms with Gasteiger partial charge in [-0.1, -0.05) is 47.6 Å². The molecule has 0 N–H and O–H groups in total. The predicted molar refractivity (Wildman–Crippen MR) is 113 cm³/mol. The molecule has 1 rings (SSSR count). The van der Waals surface area contributed by atoms with Crippen LogP contribution in [0.4, 0.5) is 0 Å². The normalized spacial score (nSPS) is 13.7. The highest BCUT2D eigenvalue weighted by molar-refractivity contribution is 6.75. The molecule has 0 aliphatic carbocycles. The van der Waals surface area contributed by atoms with Crippen LogP contribution in [0.3, 0.4) is 0 Å². The molecule has 0 bridgehead atoms. The van der Waals surface area contributed by atoms with Gasteiger partial charge in [-0.05, 0) is 54.0 Å². The lowest BCUT2D eigenvalue weighted by atomic mass is 10.2. The van der Waals surface area contributed by atoms with Gasteiger partial charge in [0.15, 0.2) is 14.1 Å². The number of ether oxygens (including phenoxy) is 1. The van der Waals surface area contributed by atoms with Gasteiger partial charge in [0, 0.05) is 0 Å². The molecule has 0 spiro atoms. The van der Waals surface area contributed by atoms with Crippen molar-refractivity contribution >= 4 is 16.6 Å². The molecule has 0 aliphatic heterocycles. The highest BCUT2D eigenvalue weighted by Gasteiger charge is 2.40. The standard InChI is InChI=1S/C20H38O3Si2/c1-19(2,3)24(8,9)22-15-16-12-13-17(21-7)18(14-16)23-25(10,11)20(4,5)6/h12-14H,15H2,1-11H3. The summed E-state index contributed by atoms with van der Waals surface area (Å²) in [6.07, 6.45) is 0. The molecule has 144 valence electrons. The highest BCUT2D eigenvalue weighted by Crippen LogP contribution is 2.41. The van der Waals surface area contributed by atoms with Crippen molar-refractivity contribution in [2.24, 2.45) is 0 Å². The summed E-state index contributed by atoms with van der Waals surface area (Å²) in [5.74, 6) is 1.63. The lowest BCUT2D eigenvalue weighted by Crippen LogP contribution is -2.44. The van der Waals surface area contributed by atoms with E-state index in [1.807, 2.05) is 6.07 Å². The van der Waals surface area contributed by atoms with E-state index in [1.165, 1.54) is 0 Å².